The number of hydrogen-bond donors (Lipinski definition) is 2. The highest BCUT2D eigenvalue weighted by Gasteiger charge is 2.62. The van der Waals surface area contributed by atoms with Gasteiger partial charge in [0.1, 0.15) is 5.75 Å². The summed E-state index contributed by atoms with van der Waals surface area (Å²) in [6, 6.07) is 4.98. The Morgan fingerprint density at radius 1 is 1.26 bits per heavy atom. The average molecular weight is 314 g/mol. The molecule has 4 rings (SSSR count). The standard InChI is InChI=1S/C20H30N2O/c1-4-19-7-5-6-8-20(19)9-10-22(3)18(19)12-14-11-16(21-2)17(23)13-15(14)20/h11,13,18,21,23H,4-10,12H2,1-3H3/t18-,19+,20+/m0/s1. The van der Waals surface area contributed by atoms with E-state index in [0.29, 0.717) is 17.2 Å². The lowest BCUT2D eigenvalue weighted by molar-refractivity contribution is -0.0889. The second-order valence-electron chi connectivity index (χ2n) is 8.03. The topological polar surface area (TPSA) is 35.5 Å². The first kappa shape index (κ1) is 15.3. The van der Waals surface area contributed by atoms with Crippen LogP contribution in [0.4, 0.5) is 5.69 Å². The lowest BCUT2D eigenvalue weighted by atomic mass is 9.43. The van der Waals surface area contributed by atoms with Crippen molar-refractivity contribution in [1.29, 1.82) is 0 Å². The number of aromatic hydroxyl groups is 1. The Balaban J connectivity index is 1.96. The van der Waals surface area contributed by atoms with Crippen molar-refractivity contribution in [3.05, 3.63) is 23.3 Å². The minimum absolute atomic E-state index is 0.286. The van der Waals surface area contributed by atoms with Gasteiger partial charge < -0.3 is 15.3 Å². The number of piperidine rings is 1. The zero-order valence-corrected chi connectivity index (χ0v) is 14.8. The summed E-state index contributed by atoms with van der Waals surface area (Å²) in [6.07, 6.45) is 9.01. The fourth-order valence-electron chi connectivity index (χ4n) is 6.46. The van der Waals surface area contributed by atoms with E-state index < -0.39 is 0 Å². The molecule has 3 aliphatic rings. The number of nitrogens with zero attached hydrogens (tertiary/aromatic N) is 1. The molecule has 1 aromatic rings. The molecular formula is C20H30N2O. The number of rotatable bonds is 2. The maximum atomic E-state index is 10.5. The molecular weight excluding hydrogens is 284 g/mol. The van der Waals surface area contributed by atoms with Crippen LogP contribution >= 0.6 is 0 Å². The molecule has 1 aromatic carbocycles. The van der Waals surface area contributed by atoms with Crippen LogP contribution in [0.3, 0.4) is 0 Å². The molecule has 3 heteroatoms. The number of likely N-dealkylation sites (tertiary alicyclic amines) is 1. The summed E-state index contributed by atoms with van der Waals surface area (Å²) >= 11 is 0. The van der Waals surface area contributed by atoms with Crippen LogP contribution in [0.2, 0.25) is 0 Å². The van der Waals surface area contributed by atoms with Gasteiger partial charge in [0.25, 0.3) is 0 Å². The smallest absolute Gasteiger partial charge is 0.138 e. The lowest BCUT2D eigenvalue weighted by Gasteiger charge is -2.66. The van der Waals surface area contributed by atoms with Crippen molar-refractivity contribution in [1.82, 2.24) is 4.90 Å². The van der Waals surface area contributed by atoms with Crippen LogP contribution in [-0.2, 0) is 11.8 Å². The van der Waals surface area contributed by atoms with Crippen LogP contribution in [0.15, 0.2) is 12.1 Å². The zero-order valence-electron chi connectivity index (χ0n) is 14.8. The van der Waals surface area contributed by atoms with Gasteiger partial charge in [-0.3, -0.25) is 0 Å². The number of likely N-dealkylation sites (N-methyl/N-ethyl adjacent to an activating group) is 1. The van der Waals surface area contributed by atoms with E-state index in [2.05, 4.69) is 36.3 Å². The Morgan fingerprint density at radius 2 is 2.04 bits per heavy atom. The zero-order chi connectivity index (χ0) is 16.2. The van der Waals surface area contributed by atoms with Crippen LogP contribution in [0, 0.1) is 5.41 Å². The number of benzene rings is 1. The van der Waals surface area contributed by atoms with Gasteiger partial charge in [0, 0.05) is 18.5 Å². The lowest BCUT2D eigenvalue weighted by Crippen LogP contribution is -2.67. The first-order valence-corrected chi connectivity index (χ1v) is 9.32. The van der Waals surface area contributed by atoms with Gasteiger partial charge in [-0.05, 0) is 74.4 Å². The van der Waals surface area contributed by atoms with E-state index in [-0.39, 0.29) is 5.41 Å². The third-order valence-electron chi connectivity index (χ3n) is 7.54. The SMILES string of the molecule is CC[C@]12CCCC[C@]13CCN(C)[C@H]2Cc1cc(NC)c(O)cc13. The summed E-state index contributed by atoms with van der Waals surface area (Å²) in [6.45, 7) is 3.60. The summed E-state index contributed by atoms with van der Waals surface area (Å²) in [4.78, 5) is 2.63. The third kappa shape index (κ3) is 1.80. The highest BCUT2D eigenvalue weighted by molar-refractivity contribution is 5.62. The number of phenolic OH excluding ortho intramolecular Hbond substituents is 1. The summed E-state index contributed by atoms with van der Waals surface area (Å²) in [7, 11) is 4.22. The Morgan fingerprint density at radius 3 is 2.78 bits per heavy atom. The normalized spacial score (nSPS) is 36.2. The van der Waals surface area contributed by atoms with Crippen LogP contribution in [0.5, 0.6) is 5.75 Å². The Bertz CT molecular complexity index is 628. The van der Waals surface area contributed by atoms with E-state index in [1.54, 1.807) is 0 Å². The van der Waals surface area contributed by atoms with Crippen molar-refractivity contribution in [2.24, 2.45) is 5.41 Å². The summed E-state index contributed by atoms with van der Waals surface area (Å²) in [5.74, 6) is 0.425. The van der Waals surface area contributed by atoms with Crippen molar-refractivity contribution in [3.63, 3.8) is 0 Å². The van der Waals surface area contributed by atoms with Gasteiger partial charge in [-0.25, -0.2) is 0 Å². The molecule has 1 aliphatic heterocycles. The Labute approximate surface area is 140 Å². The second-order valence-corrected chi connectivity index (χ2v) is 8.03. The van der Waals surface area contributed by atoms with E-state index >= 15 is 0 Å². The molecule has 2 fully saturated rings. The quantitative estimate of drug-likeness (QED) is 0.813. The molecule has 1 heterocycles. The number of nitrogens with one attached hydrogen (secondary N) is 1. The van der Waals surface area contributed by atoms with Crippen molar-refractivity contribution in [2.45, 2.75) is 63.3 Å². The second kappa shape index (κ2) is 5.14. The minimum Gasteiger partial charge on any atom is -0.506 e. The number of hydrogen-bond acceptors (Lipinski definition) is 3. The molecule has 3 atom stereocenters. The molecule has 2 N–H and O–H groups in total. The third-order valence-corrected chi connectivity index (χ3v) is 7.54. The molecule has 3 nitrogen and oxygen atoms in total. The van der Waals surface area contributed by atoms with E-state index in [0.717, 1.165) is 12.1 Å². The predicted octanol–water partition coefficient (Wildman–Crippen LogP) is 3.90. The van der Waals surface area contributed by atoms with Gasteiger partial charge in [0.15, 0.2) is 0 Å². The van der Waals surface area contributed by atoms with E-state index in [9.17, 15) is 5.11 Å². The van der Waals surface area contributed by atoms with Gasteiger partial charge >= 0.3 is 0 Å². The fourth-order valence-corrected chi connectivity index (χ4v) is 6.46. The van der Waals surface area contributed by atoms with Crippen molar-refractivity contribution < 1.29 is 5.11 Å². The van der Waals surface area contributed by atoms with Gasteiger partial charge in [-0.2, -0.15) is 0 Å². The predicted molar refractivity (Wildman–Crippen MR) is 95.3 cm³/mol. The van der Waals surface area contributed by atoms with Crippen LogP contribution in [0.25, 0.3) is 0 Å². The van der Waals surface area contributed by atoms with E-state index in [1.165, 1.54) is 56.2 Å². The van der Waals surface area contributed by atoms with Crippen LogP contribution in [-0.4, -0.2) is 36.7 Å². The minimum atomic E-state index is 0.286. The molecule has 1 saturated carbocycles. The molecule has 0 amide bonds. The van der Waals surface area contributed by atoms with E-state index in [4.69, 9.17) is 0 Å². The first-order valence-electron chi connectivity index (χ1n) is 9.32. The molecule has 0 radical (unpaired) electrons. The first-order chi connectivity index (χ1) is 11.1. The average Bonchev–Trinajstić information content (AvgIpc) is 2.58. The van der Waals surface area contributed by atoms with E-state index in [1.807, 2.05) is 7.05 Å². The molecule has 0 spiro atoms. The maximum Gasteiger partial charge on any atom is 0.138 e. The molecule has 126 valence electrons. The van der Waals surface area contributed by atoms with Crippen LogP contribution < -0.4 is 5.32 Å². The monoisotopic (exact) mass is 314 g/mol. The van der Waals surface area contributed by atoms with Gasteiger partial charge in [0.2, 0.25) is 0 Å². The number of phenols is 1. The summed E-state index contributed by atoms with van der Waals surface area (Å²) < 4.78 is 0. The summed E-state index contributed by atoms with van der Waals surface area (Å²) in [5.41, 5.74) is 4.50. The number of fused-ring (bicyclic) bond motifs is 1. The van der Waals surface area contributed by atoms with Gasteiger partial charge in [-0.1, -0.05) is 19.8 Å². The molecule has 0 unspecified atom stereocenters. The molecule has 0 aromatic heterocycles. The molecule has 1 saturated heterocycles. The van der Waals surface area contributed by atoms with Crippen molar-refractivity contribution >= 4 is 5.69 Å². The Hall–Kier alpha value is -1.22. The van der Waals surface area contributed by atoms with Crippen molar-refractivity contribution in [3.8, 4) is 5.75 Å². The highest BCUT2D eigenvalue weighted by atomic mass is 16.3. The maximum absolute atomic E-state index is 10.5. The fraction of sp³-hybridized carbons (Fsp3) is 0.700. The summed E-state index contributed by atoms with van der Waals surface area (Å²) in [5, 5.41) is 13.6. The van der Waals surface area contributed by atoms with Crippen molar-refractivity contribution in [2.75, 3.05) is 26.0 Å². The molecule has 23 heavy (non-hydrogen) atoms. The molecule has 2 bridgehead atoms. The van der Waals surface area contributed by atoms with Crippen LogP contribution in [0.1, 0.15) is 56.6 Å². The largest absolute Gasteiger partial charge is 0.506 e. The molecule has 2 aliphatic carbocycles. The highest BCUT2D eigenvalue weighted by Crippen LogP contribution is 2.64. The number of anilines is 1. The Kier molecular flexibility index (Phi) is 3.42. The van der Waals surface area contributed by atoms with Gasteiger partial charge in [-0.15, -0.1) is 0 Å². The van der Waals surface area contributed by atoms with Gasteiger partial charge in [0.05, 0.1) is 5.69 Å².